The van der Waals surface area contributed by atoms with Crippen molar-refractivity contribution >= 4 is 33.4 Å². The molecule has 7 rings (SSSR count). The molecule has 0 unspecified atom stereocenters. The van der Waals surface area contributed by atoms with Crippen molar-refractivity contribution in [3.63, 3.8) is 0 Å². The molecule has 0 spiro atoms. The summed E-state index contributed by atoms with van der Waals surface area (Å²) in [7, 11) is 0. The molecule has 10 nitrogen and oxygen atoms in total. The number of aromatic amines is 1. The quantitative estimate of drug-likeness (QED) is 0.342. The van der Waals surface area contributed by atoms with E-state index in [4.69, 9.17) is 14.5 Å². The molecule has 40 heavy (non-hydrogen) atoms. The van der Waals surface area contributed by atoms with Crippen LogP contribution in [0, 0.1) is 11.3 Å². The van der Waals surface area contributed by atoms with Gasteiger partial charge in [-0.25, -0.2) is 10.1 Å². The molecule has 0 atom stereocenters. The fourth-order valence-corrected chi connectivity index (χ4v) is 5.37. The molecule has 3 aromatic heterocycles. The number of nitrogens with one attached hydrogen (secondary N) is 1. The Morgan fingerprint density at radius 3 is 2.58 bits per heavy atom. The fourth-order valence-electron chi connectivity index (χ4n) is 5.37. The molecular weight excluding hydrogens is 506 g/mol. The number of pyridine rings is 1. The van der Waals surface area contributed by atoms with Gasteiger partial charge < -0.3 is 19.1 Å². The summed E-state index contributed by atoms with van der Waals surface area (Å²) in [5.41, 5.74) is 2.85. The first kappa shape index (κ1) is 24.2. The number of anilines is 2. The van der Waals surface area contributed by atoms with Gasteiger partial charge in [0.15, 0.2) is 11.4 Å². The van der Waals surface area contributed by atoms with E-state index in [1.807, 2.05) is 36.4 Å². The number of fused-ring (bicyclic) bond motifs is 2. The number of ether oxygens (including phenoxy) is 1. The maximum absolute atomic E-state index is 12.4. The summed E-state index contributed by atoms with van der Waals surface area (Å²) in [5.74, 6) is 2.48. The van der Waals surface area contributed by atoms with Crippen LogP contribution in [0.5, 0.6) is 5.75 Å². The van der Waals surface area contributed by atoms with Crippen LogP contribution in [0.15, 0.2) is 64.0 Å². The van der Waals surface area contributed by atoms with E-state index in [-0.39, 0.29) is 11.7 Å². The second-order valence-corrected chi connectivity index (χ2v) is 10.4. The van der Waals surface area contributed by atoms with Gasteiger partial charge in [0.1, 0.15) is 17.6 Å². The molecule has 0 amide bonds. The predicted octanol–water partition coefficient (Wildman–Crippen LogP) is 4.18. The fraction of sp³-hybridized carbons (Fsp3) is 0.300. The largest absolute Gasteiger partial charge is 0.490 e. The predicted molar refractivity (Wildman–Crippen MR) is 151 cm³/mol. The molecule has 4 heterocycles. The third-order valence-electron chi connectivity index (χ3n) is 7.86. The molecule has 5 aromatic rings. The molecule has 10 heteroatoms. The van der Waals surface area contributed by atoms with Gasteiger partial charge in [0.2, 0.25) is 0 Å². The highest BCUT2D eigenvalue weighted by atomic mass is 16.5. The van der Waals surface area contributed by atoms with Gasteiger partial charge in [-0.15, -0.1) is 0 Å². The van der Waals surface area contributed by atoms with E-state index in [1.165, 1.54) is 6.42 Å². The van der Waals surface area contributed by atoms with Gasteiger partial charge in [-0.2, -0.15) is 10.4 Å². The SMILES string of the molecule is N#Cc1ccc(N2CCN(c3noc4cc(Cc5n[nH]c(=O)c6ccc(OC7CCC7)cc56)ccc34)CC2)nc1. The average Bonchev–Trinajstić information content (AvgIpc) is 3.40. The smallest absolute Gasteiger partial charge is 0.272 e. The van der Waals surface area contributed by atoms with Crippen molar-refractivity contribution in [2.24, 2.45) is 0 Å². The van der Waals surface area contributed by atoms with Crippen molar-refractivity contribution in [3.8, 4) is 11.8 Å². The van der Waals surface area contributed by atoms with Crippen molar-refractivity contribution in [2.75, 3.05) is 36.0 Å². The van der Waals surface area contributed by atoms with Crippen LogP contribution in [-0.4, -0.2) is 52.6 Å². The van der Waals surface area contributed by atoms with Crippen molar-refractivity contribution in [3.05, 3.63) is 81.9 Å². The molecular formula is C30H27N7O3. The Hall–Kier alpha value is -4.91. The minimum absolute atomic E-state index is 0.209. The van der Waals surface area contributed by atoms with Crippen LogP contribution in [-0.2, 0) is 6.42 Å². The number of piperazine rings is 1. The summed E-state index contributed by atoms with van der Waals surface area (Å²) < 4.78 is 11.8. The molecule has 2 aliphatic rings. The minimum Gasteiger partial charge on any atom is -0.490 e. The van der Waals surface area contributed by atoms with Crippen LogP contribution in [0.1, 0.15) is 36.1 Å². The lowest BCUT2D eigenvalue weighted by atomic mass is 9.96. The maximum Gasteiger partial charge on any atom is 0.272 e. The second-order valence-electron chi connectivity index (χ2n) is 10.4. The number of rotatable bonds is 6. The number of H-pyrrole nitrogens is 1. The highest BCUT2D eigenvalue weighted by Crippen LogP contribution is 2.31. The number of nitriles is 1. The maximum atomic E-state index is 12.4. The Labute approximate surface area is 229 Å². The highest BCUT2D eigenvalue weighted by Gasteiger charge is 2.23. The Bertz CT molecular complexity index is 1790. The zero-order chi connectivity index (χ0) is 27.1. The third-order valence-corrected chi connectivity index (χ3v) is 7.86. The van der Waals surface area contributed by atoms with Crippen molar-refractivity contribution in [1.82, 2.24) is 20.3 Å². The van der Waals surface area contributed by atoms with Gasteiger partial charge in [-0.05, 0) is 67.3 Å². The zero-order valence-corrected chi connectivity index (χ0v) is 21.8. The van der Waals surface area contributed by atoms with Crippen LogP contribution in [0.25, 0.3) is 21.7 Å². The van der Waals surface area contributed by atoms with Crippen molar-refractivity contribution in [1.29, 1.82) is 5.26 Å². The van der Waals surface area contributed by atoms with Gasteiger partial charge in [0, 0.05) is 44.2 Å². The van der Waals surface area contributed by atoms with Crippen LogP contribution in [0.2, 0.25) is 0 Å². The molecule has 1 saturated carbocycles. The molecule has 0 bridgehead atoms. The van der Waals surface area contributed by atoms with Crippen molar-refractivity contribution in [2.45, 2.75) is 31.8 Å². The molecule has 2 aromatic carbocycles. The van der Waals surface area contributed by atoms with E-state index >= 15 is 0 Å². The summed E-state index contributed by atoms with van der Waals surface area (Å²) in [5, 5.41) is 22.8. The van der Waals surface area contributed by atoms with Crippen LogP contribution in [0.3, 0.4) is 0 Å². The van der Waals surface area contributed by atoms with Gasteiger partial charge in [0.05, 0.1) is 28.1 Å². The second kappa shape index (κ2) is 10.0. The summed E-state index contributed by atoms with van der Waals surface area (Å²) in [6, 6.07) is 17.5. The van der Waals surface area contributed by atoms with Crippen LogP contribution < -0.4 is 20.1 Å². The van der Waals surface area contributed by atoms with Gasteiger partial charge in [-0.3, -0.25) is 4.79 Å². The lowest BCUT2D eigenvalue weighted by molar-refractivity contribution is 0.120. The number of nitrogens with zero attached hydrogens (tertiary/aromatic N) is 6. The van der Waals surface area contributed by atoms with E-state index in [1.54, 1.807) is 12.3 Å². The molecule has 2 fully saturated rings. The first-order chi connectivity index (χ1) is 19.6. The zero-order valence-electron chi connectivity index (χ0n) is 21.8. The van der Waals surface area contributed by atoms with E-state index in [0.717, 1.165) is 78.4 Å². The van der Waals surface area contributed by atoms with Crippen LogP contribution >= 0.6 is 0 Å². The molecule has 1 saturated heterocycles. The summed E-state index contributed by atoms with van der Waals surface area (Å²) in [4.78, 5) is 21.3. The first-order valence-electron chi connectivity index (χ1n) is 13.6. The minimum atomic E-state index is -0.209. The lowest BCUT2D eigenvalue weighted by Crippen LogP contribution is -2.47. The molecule has 0 radical (unpaired) electrons. The third kappa shape index (κ3) is 4.49. The molecule has 1 N–H and O–H groups in total. The van der Waals surface area contributed by atoms with Crippen LogP contribution in [0.4, 0.5) is 11.6 Å². The monoisotopic (exact) mass is 533 g/mol. The van der Waals surface area contributed by atoms with E-state index in [9.17, 15) is 4.79 Å². The van der Waals surface area contributed by atoms with Gasteiger partial charge in [-0.1, -0.05) is 11.2 Å². The Kier molecular flexibility index (Phi) is 6.04. The molecule has 1 aliphatic carbocycles. The Morgan fingerprint density at radius 2 is 1.82 bits per heavy atom. The number of aromatic nitrogens is 4. The Balaban J connectivity index is 1.09. The summed E-state index contributed by atoms with van der Waals surface area (Å²) in [6.07, 6.45) is 5.74. The first-order valence-corrected chi connectivity index (χ1v) is 13.6. The van der Waals surface area contributed by atoms with Gasteiger partial charge in [0.25, 0.3) is 5.56 Å². The topological polar surface area (TPSA) is 124 Å². The summed E-state index contributed by atoms with van der Waals surface area (Å²) >= 11 is 0. The van der Waals surface area contributed by atoms with E-state index in [0.29, 0.717) is 23.0 Å². The summed E-state index contributed by atoms with van der Waals surface area (Å²) in [6.45, 7) is 3.15. The van der Waals surface area contributed by atoms with Gasteiger partial charge >= 0.3 is 0 Å². The highest BCUT2D eigenvalue weighted by molar-refractivity contribution is 5.89. The van der Waals surface area contributed by atoms with E-state index < -0.39 is 0 Å². The van der Waals surface area contributed by atoms with Crippen molar-refractivity contribution < 1.29 is 9.26 Å². The average molecular weight is 534 g/mol. The molecule has 1 aliphatic heterocycles. The Morgan fingerprint density at radius 1 is 1.00 bits per heavy atom. The number of hydrogen-bond donors (Lipinski definition) is 1. The standard InChI is InChI=1S/C30H27N7O3/c31-17-20-5-9-28(32-18-20)36-10-12-37(13-11-36)29-24-7-4-19(15-27(24)40-35-29)14-26-25-16-22(39-21-2-1-3-21)6-8-23(25)30(38)34-33-26/h4-9,15-16,18,21H,1-3,10-14H2,(H,34,38). The number of benzene rings is 2. The molecule has 200 valence electrons. The lowest BCUT2D eigenvalue weighted by Gasteiger charge is -2.35. The normalized spacial score (nSPS) is 15.8. The number of hydrogen-bond acceptors (Lipinski definition) is 9. The van der Waals surface area contributed by atoms with E-state index in [2.05, 4.69) is 42.3 Å².